The summed E-state index contributed by atoms with van der Waals surface area (Å²) in [6.45, 7) is 1.77. The largest absolute Gasteiger partial charge is 0.331 e. The first kappa shape index (κ1) is 30.9. The third-order valence-electron chi connectivity index (χ3n) is 9.47. The fraction of sp³-hybridized carbons (Fsp3) is 0.237. The lowest BCUT2D eigenvalue weighted by Gasteiger charge is -2.31. The number of imide groups is 1. The topological polar surface area (TPSA) is 119 Å². The van der Waals surface area contributed by atoms with Crippen molar-refractivity contribution in [3.8, 4) is 0 Å². The van der Waals surface area contributed by atoms with Crippen LogP contribution in [0, 0.1) is 5.92 Å². The van der Waals surface area contributed by atoms with Crippen LogP contribution in [0.4, 0.5) is 21.9 Å². The molecule has 2 heterocycles. The number of hydrogen-bond donors (Lipinski definition) is 2. The van der Waals surface area contributed by atoms with Gasteiger partial charge in [-0.3, -0.25) is 24.1 Å². The van der Waals surface area contributed by atoms with Crippen molar-refractivity contribution in [2.75, 3.05) is 21.7 Å². The molecule has 4 aromatic carbocycles. The van der Waals surface area contributed by atoms with Crippen molar-refractivity contribution in [1.29, 1.82) is 0 Å². The molecule has 0 spiro atoms. The molecule has 0 radical (unpaired) electrons. The van der Waals surface area contributed by atoms with Crippen LogP contribution in [0.5, 0.6) is 0 Å². The lowest BCUT2D eigenvalue weighted by Crippen LogP contribution is -2.49. The fourth-order valence-electron chi connectivity index (χ4n) is 7.07. The van der Waals surface area contributed by atoms with Crippen LogP contribution in [-0.2, 0) is 16.1 Å². The van der Waals surface area contributed by atoms with Crippen LogP contribution >= 0.6 is 0 Å². The second-order valence-corrected chi connectivity index (χ2v) is 12.5. The van der Waals surface area contributed by atoms with E-state index in [1.54, 1.807) is 46.2 Å². The van der Waals surface area contributed by atoms with E-state index in [0.717, 1.165) is 22.4 Å². The van der Waals surface area contributed by atoms with Gasteiger partial charge in [0.25, 0.3) is 11.8 Å². The number of hydrogen-bond acceptors (Lipinski definition) is 5. The lowest BCUT2D eigenvalue weighted by atomic mass is 10.0. The quantitative estimate of drug-likeness (QED) is 0.243. The number of urea groups is 1. The van der Waals surface area contributed by atoms with Crippen molar-refractivity contribution in [2.24, 2.45) is 5.92 Å². The third-order valence-corrected chi connectivity index (χ3v) is 9.47. The molecule has 7 rings (SSSR count). The Bertz CT molecular complexity index is 1880. The summed E-state index contributed by atoms with van der Waals surface area (Å²) in [5.74, 6) is -1.89. The van der Waals surface area contributed by atoms with E-state index >= 15 is 0 Å². The van der Waals surface area contributed by atoms with Crippen molar-refractivity contribution in [1.82, 2.24) is 10.2 Å². The van der Waals surface area contributed by atoms with E-state index in [2.05, 4.69) is 10.6 Å². The van der Waals surface area contributed by atoms with Gasteiger partial charge in [-0.2, -0.15) is 0 Å². The molecule has 1 fully saturated rings. The van der Waals surface area contributed by atoms with Crippen molar-refractivity contribution in [3.05, 3.63) is 125 Å². The number of nitrogens with one attached hydrogen (secondary N) is 2. The van der Waals surface area contributed by atoms with Gasteiger partial charge in [-0.05, 0) is 67.3 Å². The number of carbonyl (C=O) groups excluding carboxylic acids is 5. The molecular formula is C38H35N5O5. The second kappa shape index (κ2) is 12.8. The molecule has 2 unspecified atom stereocenters. The summed E-state index contributed by atoms with van der Waals surface area (Å²) in [6.07, 6.45) is 2.04. The molecule has 0 saturated heterocycles. The number of rotatable bonds is 7. The average molecular weight is 642 g/mol. The molecule has 4 aromatic rings. The molecule has 2 aliphatic heterocycles. The van der Waals surface area contributed by atoms with Gasteiger partial charge < -0.3 is 20.4 Å². The zero-order valence-electron chi connectivity index (χ0n) is 26.5. The van der Waals surface area contributed by atoms with Gasteiger partial charge in [-0.15, -0.1) is 0 Å². The Labute approximate surface area is 278 Å². The predicted molar refractivity (Wildman–Crippen MR) is 182 cm³/mol. The Balaban J connectivity index is 1.10. The first-order valence-corrected chi connectivity index (χ1v) is 16.2. The van der Waals surface area contributed by atoms with Gasteiger partial charge in [-0.1, -0.05) is 73.2 Å². The first-order valence-electron chi connectivity index (χ1n) is 16.2. The monoisotopic (exact) mass is 641 g/mol. The maximum Gasteiger partial charge on any atom is 0.319 e. The molecule has 1 saturated carbocycles. The van der Waals surface area contributed by atoms with Gasteiger partial charge in [-0.25, -0.2) is 4.79 Å². The van der Waals surface area contributed by atoms with E-state index in [1.807, 2.05) is 73.7 Å². The molecule has 3 aliphatic rings. The van der Waals surface area contributed by atoms with Gasteiger partial charge in [0.15, 0.2) is 0 Å². The summed E-state index contributed by atoms with van der Waals surface area (Å²) < 4.78 is 0. The van der Waals surface area contributed by atoms with Gasteiger partial charge in [0.05, 0.1) is 41.0 Å². The lowest BCUT2D eigenvalue weighted by molar-refractivity contribution is -0.123. The minimum Gasteiger partial charge on any atom is -0.331 e. The second-order valence-electron chi connectivity index (χ2n) is 12.5. The fourth-order valence-corrected chi connectivity index (χ4v) is 7.07. The number of nitrogens with zero attached hydrogens (tertiary/aromatic N) is 3. The van der Waals surface area contributed by atoms with E-state index in [0.29, 0.717) is 29.9 Å². The molecule has 10 heteroatoms. The van der Waals surface area contributed by atoms with Crippen molar-refractivity contribution in [2.45, 2.75) is 44.8 Å². The average Bonchev–Trinajstić information content (AvgIpc) is 3.65. The highest BCUT2D eigenvalue weighted by Gasteiger charge is 2.47. The zero-order chi connectivity index (χ0) is 33.4. The van der Waals surface area contributed by atoms with Crippen LogP contribution < -0.4 is 20.4 Å². The van der Waals surface area contributed by atoms with E-state index in [-0.39, 0.29) is 35.7 Å². The Morgan fingerprint density at radius 1 is 0.750 bits per heavy atom. The van der Waals surface area contributed by atoms with E-state index in [4.69, 9.17) is 0 Å². The third kappa shape index (κ3) is 5.70. The molecule has 10 nitrogen and oxygen atoms in total. The van der Waals surface area contributed by atoms with Gasteiger partial charge in [0.1, 0.15) is 6.54 Å². The standard InChI is InChI=1S/C38H35N5O5/c1-24(26-10-3-2-4-11-26)39-38(48)40-27-20-18-25(19-21-27)22-41-32-15-7-8-16-33(32)43(31-17-9-14-30(31)37(41)47)34(44)23-42-35(45)28-12-5-6-13-29(28)36(42)46/h2-8,10-13,15-16,18-21,24,30-31H,9,14,17,22-23H2,1H3,(H2,39,40,48)/t24-,30?,31?/m1/s1. The molecule has 0 bridgehead atoms. The van der Waals surface area contributed by atoms with Crippen LogP contribution in [0.3, 0.4) is 0 Å². The summed E-state index contributed by atoms with van der Waals surface area (Å²) in [4.78, 5) is 71.6. The Morgan fingerprint density at radius 2 is 1.38 bits per heavy atom. The Hall–Kier alpha value is -5.77. The molecule has 242 valence electrons. The summed E-state index contributed by atoms with van der Waals surface area (Å²) in [5.41, 5.74) is 4.19. The molecule has 0 aromatic heterocycles. The number of fused-ring (bicyclic) bond motifs is 3. The first-order chi connectivity index (χ1) is 23.3. The number of benzene rings is 4. The maximum atomic E-state index is 14.2. The van der Waals surface area contributed by atoms with Crippen LogP contribution in [-0.4, -0.2) is 47.1 Å². The summed E-state index contributed by atoms with van der Waals surface area (Å²) in [5, 5.41) is 5.81. The Kier molecular flexibility index (Phi) is 8.22. The normalized spacial score (nSPS) is 18.9. The van der Waals surface area contributed by atoms with Gasteiger partial charge >= 0.3 is 6.03 Å². The highest BCUT2D eigenvalue weighted by atomic mass is 16.2. The highest BCUT2D eigenvalue weighted by molar-refractivity contribution is 6.23. The minimum atomic E-state index is -0.492. The number of amides is 6. The van der Waals surface area contributed by atoms with Gasteiger partial charge in [0, 0.05) is 11.7 Å². The number of carbonyl (C=O) groups is 5. The Morgan fingerprint density at radius 3 is 2.06 bits per heavy atom. The van der Waals surface area contributed by atoms with Crippen LogP contribution in [0.2, 0.25) is 0 Å². The maximum absolute atomic E-state index is 14.2. The van der Waals surface area contributed by atoms with Crippen molar-refractivity contribution in [3.63, 3.8) is 0 Å². The molecular weight excluding hydrogens is 606 g/mol. The SMILES string of the molecule is C[C@@H](NC(=O)Nc1ccc(CN2C(=O)C3CCCC3N(C(=O)CN3C(=O)c4ccccc4C3=O)c3ccccc32)cc1)c1ccccc1. The van der Waals surface area contributed by atoms with Crippen LogP contribution in [0.1, 0.15) is 64.1 Å². The zero-order valence-corrected chi connectivity index (χ0v) is 26.5. The summed E-state index contributed by atoms with van der Waals surface area (Å²) >= 11 is 0. The van der Waals surface area contributed by atoms with Gasteiger partial charge in [0.2, 0.25) is 11.8 Å². The highest BCUT2D eigenvalue weighted by Crippen LogP contribution is 2.43. The van der Waals surface area contributed by atoms with E-state index in [1.165, 1.54) is 0 Å². The molecule has 48 heavy (non-hydrogen) atoms. The smallest absolute Gasteiger partial charge is 0.319 e. The van der Waals surface area contributed by atoms with E-state index in [9.17, 15) is 24.0 Å². The van der Waals surface area contributed by atoms with Crippen LogP contribution in [0.25, 0.3) is 0 Å². The number of para-hydroxylation sites is 2. The van der Waals surface area contributed by atoms with E-state index < -0.39 is 36.2 Å². The van der Waals surface area contributed by atoms with Crippen molar-refractivity contribution < 1.29 is 24.0 Å². The molecule has 2 N–H and O–H groups in total. The predicted octanol–water partition coefficient (Wildman–Crippen LogP) is 5.91. The van der Waals surface area contributed by atoms with Crippen LogP contribution in [0.15, 0.2) is 103 Å². The van der Waals surface area contributed by atoms with Crippen molar-refractivity contribution >= 4 is 46.7 Å². The molecule has 6 amide bonds. The summed E-state index contributed by atoms with van der Waals surface area (Å²) in [7, 11) is 0. The number of anilines is 3. The molecule has 1 aliphatic carbocycles. The molecule has 3 atom stereocenters. The minimum absolute atomic E-state index is 0.0718. The summed E-state index contributed by atoms with van der Waals surface area (Å²) in [6, 6.07) is 30.0.